The van der Waals surface area contributed by atoms with Crippen LogP contribution in [0.4, 0.5) is 11.6 Å². The molecular weight excluding hydrogens is 208 g/mol. The Labute approximate surface area is 95.2 Å². The van der Waals surface area contributed by atoms with Crippen molar-refractivity contribution in [3.63, 3.8) is 0 Å². The van der Waals surface area contributed by atoms with Gasteiger partial charge in [0.05, 0.1) is 31.3 Å². The number of nitrogens with two attached hydrogens (primary N) is 1. The lowest BCUT2D eigenvalue weighted by atomic mass is 10.4. The molecule has 1 aromatic heterocycles. The van der Waals surface area contributed by atoms with Gasteiger partial charge in [-0.1, -0.05) is 0 Å². The van der Waals surface area contributed by atoms with Gasteiger partial charge in [0.15, 0.2) is 0 Å². The first-order valence-corrected chi connectivity index (χ1v) is 5.21. The molecule has 0 saturated heterocycles. The third-order valence-electron chi connectivity index (χ3n) is 1.85. The number of aromatic nitrogens is 2. The van der Waals surface area contributed by atoms with Gasteiger partial charge in [0.25, 0.3) is 0 Å². The van der Waals surface area contributed by atoms with Gasteiger partial charge in [-0.15, -0.1) is 0 Å². The highest BCUT2D eigenvalue weighted by molar-refractivity contribution is 5.35. The molecule has 0 fully saturated rings. The lowest BCUT2D eigenvalue weighted by Gasteiger charge is -2.05. The van der Waals surface area contributed by atoms with E-state index < -0.39 is 0 Å². The van der Waals surface area contributed by atoms with Crippen LogP contribution in [-0.4, -0.2) is 43.4 Å². The third kappa shape index (κ3) is 5.47. The molecule has 0 aliphatic rings. The van der Waals surface area contributed by atoms with Crippen LogP contribution in [0.1, 0.15) is 6.42 Å². The summed E-state index contributed by atoms with van der Waals surface area (Å²) < 4.78 is 10.2. The second kappa shape index (κ2) is 7.84. The maximum Gasteiger partial charge on any atom is 0.222 e. The Morgan fingerprint density at radius 1 is 1.25 bits per heavy atom. The van der Waals surface area contributed by atoms with Crippen molar-refractivity contribution in [1.29, 1.82) is 0 Å². The molecule has 0 bridgehead atoms. The minimum absolute atomic E-state index is 0.563. The van der Waals surface area contributed by atoms with Gasteiger partial charge in [-0.05, 0) is 6.42 Å². The summed E-state index contributed by atoms with van der Waals surface area (Å²) in [4.78, 5) is 8.03. The van der Waals surface area contributed by atoms with Gasteiger partial charge in [0.2, 0.25) is 5.95 Å². The van der Waals surface area contributed by atoms with Crippen LogP contribution in [0.5, 0.6) is 0 Å². The first-order chi connectivity index (χ1) is 7.83. The molecule has 0 radical (unpaired) electrons. The van der Waals surface area contributed by atoms with E-state index >= 15 is 0 Å². The van der Waals surface area contributed by atoms with E-state index in [-0.39, 0.29) is 0 Å². The van der Waals surface area contributed by atoms with Crippen LogP contribution in [-0.2, 0) is 9.47 Å². The zero-order chi connectivity index (χ0) is 11.6. The molecule has 0 unspecified atom stereocenters. The molecule has 16 heavy (non-hydrogen) atoms. The Bertz CT molecular complexity index is 279. The molecule has 0 aliphatic heterocycles. The zero-order valence-electron chi connectivity index (χ0n) is 9.48. The Kier molecular flexibility index (Phi) is 6.20. The first kappa shape index (κ1) is 12.7. The van der Waals surface area contributed by atoms with E-state index in [1.54, 1.807) is 19.5 Å². The number of anilines is 2. The van der Waals surface area contributed by atoms with Crippen molar-refractivity contribution in [3.05, 3.63) is 12.4 Å². The average Bonchev–Trinajstić information content (AvgIpc) is 2.30. The van der Waals surface area contributed by atoms with Crippen molar-refractivity contribution < 1.29 is 9.47 Å². The molecule has 0 saturated carbocycles. The standard InChI is InChI=1S/C10H18N4O2/c1-15-5-6-16-4-2-3-12-10-13-7-9(11)8-14-10/h7-8H,2-6,11H2,1H3,(H,12,13,14). The molecule has 0 amide bonds. The van der Waals surface area contributed by atoms with Gasteiger partial charge in [0.1, 0.15) is 0 Å². The fourth-order valence-corrected chi connectivity index (χ4v) is 1.05. The summed E-state index contributed by atoms with van der Waals surface area (Å²) in [7, 11) is 1.66. The number of nitrogens with zero attached hydrogens (tertiary/aromatic N) is 2. The number of rotatable bonds is 8. The summed E-state index contributed by atoms with van der Waals surface area (Å²) >= 11 is 0. The molecule has 6 nitrogen and oxygen atoms in total. The Morgan fingerprint density at radius 2 is 2.00 bits per heavy atom. The Morgan fingerprint density at radius 3 is 2.69 bits per heavy atom. The number of nitrogen functional groups attached to an aromatic ring is 1. The van der Waals surface area contributed by atoms with Crippen molar-refractivity contribution in [2.75, 3.05) is 44.5 Å². The molecule has 90 valence electrons. The van der Waals surface area contributed by atoms with Crippen molar-refractivity contribution in [2.45, 2.75) is 6.42 Å². The van der Waals surface area contributed by atoms with Crippen molar-refractivity contribution >= 4 is 11.6 Å². The van der Waals surface area contributed by atoms with E-state index in [0.717, 1.165) is 13.0 Å². The summed E-state index contributed by atoms with van der Waals surface area (Å²) in [5, 5.41) is 3.07. The molecule has 0 spiro atoms. The van der Waals surface area contributed by atoms with E-state index in [0.29, 0.717) is 31.5 Å². The topological polar surface area (TPSA) is 82.3 Å². The van der Waals surface area contributed by atoms with Crippen LogP contribution < -0.4 is 11.1 Å². The normalized spacial score (nSPS) is 10.3. The predicted octanol–water partition coefficient (Wildman–Crippen LogP) is 0.524. The number of nitrogens with one attached hydrogen (secondary N) is 1. The monoisotopic (exact) mass is 226 g/mol. The van der Waals surface area contributed by atoms with Gasteiger partial charge >= 0.3 is 0 Å². The third-order valence-corrected chi connectivity index (χ3v) is 1.85. The summed E-state index contributed by atoms with van der Waals surface area (Å²) in [6.07, 6.45) is 4.05. The highest BCUT2D eigenvalue weighted by atomic mass is 16.5. The smallest absolute Gasteiger partial charge is 0.222 e. The summed E-state index contributed by atoms with van der Waals surface area (Å²) in [6, 6.07) is 0. The molecule has 0 atom stereocenters. The molecule has 1 heterocycles. The lowest BCUT2D eigenvalue weighted by molar-refractivity contribution is 0.0705. The van der Waals surface area contributed by atoms with E-state index in [4.69, 9.17) is 15.2 Å². The van der Waals surface area contributed by atoms with Crippen LogP contribution in [0.2, 0.25) is 0 Å². The second-order valence-corrected chi connectivity index (χ2v) is 3.23. The molecule has 3 N–H and O–H groups in total. The van der Waals surface area contributed by atoms with Crippen LogP contribution in [0.15, 0.2) is 12.4 Å². The van der Waals surface area contributed by atoms with E-state index in [9.17, 15) is 0 Å². The van der Waals surface area contributed by atoms with Crippen molar-refractivity contribution in [3.8, 4) is 0 Å². The Balaban J connectivity index is 2.01. The predicted molar refractivity (Wildman–Crippen MR) is 62.2 cm³/mol. The zero-order valence-corrected chi connectivity index (χ0v) is 9.48. The van der Waals surface area contributed by atoms with E-state index in [2.05, 4.69) is 15.3 Å². The van der Waals surface area contributed by atoms with Crippen LogP contribution >= 0.6 is 0 Å². The number of methoxy groups -OCH3 is 1. The van der Waals surface area contributed by atoms with Gasteiger partial charge in [0, 0.05) is 20.3 Å². The molecule has 1 rings (SSSR count). The maximum absolute atomic E-state index is 5.46. The molecule has 1 aromatic rings. The fourth-order valence-electron chi connectivity index (χ4n) is 1.05. The fraction of sp³-hybridized carbons (Fsp3) is 0.600. The average molecular weight is 226 g/mol. The number of ether oxygens (including phenoxy) is 2. The number of hydrogen-bond acceptors (Lipinski definition) is 6. The first-order valence-electron chi connectivity index (χ1n) is 5.21. The largest absolute Gasteiger partial charge is 0.396 e. The van der Waals surface area contributed by atoms with Gasteiger partial charge < -0.3 is 20.5 Å². The SMILES string of the molecule is COCCOCCCNc1ncc(N)cn1. The van der Waals surface area contributed by atoms with Gasteiger partial charge in [-0.25, -0.2) is 9.97 Å². The second-order valence-electron chi connectivity index (χ2n) is 3.23. The maximum atomic E-state index is 5.46. The highest BCUT2D eigenvalue weighted by Crippen LogP contribution is 2.00. The van der Waals surface area contributed by atoms with Gasteiger partial charge in [-0.3, -0.25) is 0 Å². The molecule has 0 aliphatic carbocycles. The van der Waals surface area contributed by atoms with E-state index in [1.807, 2.05) is 0 Å². The van der Waals surface area contributed by atoms with Crippen molar-refractivity contribution in [1.82, 2.24) is 9.97 Å². The summed E-state index contributed by atoms with van der Waals surface area (Å²) in [6.45, 7) is 2.74. The summed E-state index contributed by atoms with van der Waals surface area (Å²) in [5.74, 6) is 0.589. The molecule has 0 aromatic carbocycles. The highest BCUT2D eigenvalue weighted by Gasteiger charge is 1.94. The van der Waals surface area contributed by atoms with Crippen LogP contribution in [0.3, 0.4) is 0 Å². The Hall–Kier alpha value is -1.40. The van der Waals surface area contributed by atoms with Crippen LogP contribution in [0.25, 0.3) is 0 Å². The van der Waals surface area contributed by atoms with Crippen molar-refractivity contribution in [2.24, 2.45) is 0 Å². The van der Waals surface area contributed by atoms with Crippen LogP contribution in [0, 0.1) is 0 Å². The summed E-state index contributed by atoms with van der Waals surface area (Å²) in [5.41, 5.74) is 6.03. The minimum atomic E-state index is 0.563. The number of hydrogen-bond donors (Lipinski definition) is 2. The quantitative estimate of drug-likeness (QED) is 0.629. The van der Waals surface area contributed by atoms with Gasteiger partial charge in [-0.2, -0.15) is 0 Å². The molecular formula is C10H18N4O2. The van der Waals surface area contributed by atoms with E-state index in [1.165, 1.54) is 0 Å². The lowest BCUT2D eigenvalue weighted by Crippen LogP contribution is -2.10. The minimum Gasteiger partial charge on any atom is -0.396 e. The molecule has 6 heteroatoms.